The summed E-state index contributed by atoms with van der Waals surface area (Å²) in [6.07, 6.45) is -3.36. The summed E-state index contributed by atoms with van der Waals surface area (Å²) in [5.41, 5.74) is -0.00168. The van der Waals surface area contributed by atoms with Gasteiger partial charge in [0.15, 0.2) is 0 Å². The lowest BCUT2D eigenvalue weighted by Crippen LogP contribution is -2.43. The molecule has 0 heterocycles. The molecule has 3 nitrogen and oxygen atoms in total. The third-order valence-electron chi connectivity index (χ3n) is 3.59. The summed E-state index contributed by atoms with van der Waals surface area (Å²) in [5, 5.41) is 4.78. The van der Waals surface area contributed by atoms with Gasteiger partial charge in [-0.1, -0.05) is 18.6 Å². The van der Waals surface area contributed by atoms with Crippen LogP contribution in [0.3, 0.4) is 0 Å². The minimum atomic E-state index is -4.23. The van der Waals surface area contributed by atoms with Crippen molar-refractivity contribution in [3.05, 3.63) is 30.1 Å². The predicted molar refractivity (Wildman–Crippen MR) is 70.4 cm³/mol. The van der Waals surface area contributed by atoms with Crippen LogP contribution in [-0.2, 0) is 0 Å². The molecule has 0 aromatic heterocycles. The Hall–Kier alpha value is -1.79. The molecule has 0 radical (unpaired) electrons. The van der Waals surface area contributed by atoms with E-state index in [0.29, 0.717) is 12.8 Å². The van der Waals surface area contributed by atoms with Crippen molar-refractivity contribution in [2.75, 3.05) is 5.32 Å². The highest BCUT2D eigenvalue weighted by Gasteiger charge is 2.42. The van der Waals surface area contributed by atoms with Gasteiger partial charge in [-0.3, -0.25) is 0 Å². The Kier molecular flexibility index (Phi) is 4.69. The molecule has 0 spiro atoms. The van der Waals surface area contributed by atoms with Gasteiger partial charge in [-0.25, -0.2) is 9.18 Å². The quantitative estimate of drug-likeness (QED) is 0.795. The minimum absolute atomic E-state index is 0.00168. The molecule has 2 N–H and O–H groups in total. The third-order valence-corrected chi connectivity index (χ3v) is 3.59. The van der Waals surface area contributed by atoms with Gasteiger partial charge < -0.3 is 10.6 Å². The molecule has 2 amide bonds. The third kappa shape index (κ3) is 4.34. The van der Waals surface area contributed by atoms with Crippen LogP contribution in [0.2, 0.25) is 0 Å². The summed E-state index contributed by atoms with van der Waals surface area (Å²) in [6, 6.07) is 4.38. The first-order valence-electron chi connectivity index (χ1n) is 6.75. The Balaban J connectivity index is 1.89. The van der Waals surface area contributed by atoms with Gasteiger partial charge in [0.05, 0.1) is 11.6 Å². The topological polar surface area (TPSA) is 41.1 Å². The Labute approximate surface area is 119 Å². The van der Waals surface area contributed by atoms with E-state index in [0.717, 1.165) is 0 Å². The van der Waals surface area contributed by atoms with E-state index in [1.54, 1.807) is 6.07 Å². The summed E-state index contributed by atoms with van der Waals surface area (Å²) in [6.45, 7) is 0. The number of carbonyl (C=O) groups is 1. The number of anilines is 1. The maximum atomic E-state index is 13.4. The first-order chi connectivity index (χ1) is 9.86. The van der Waals surface area contributed by atoms with E-state index in [2.05, 4.69) is 10.6 Å². The van der Waals surface area contributed by atoms with Gasteiger partial charge >= 0.3 is 12.2 Å². The number of amides is 2. The number of urea groups is 1. The van der Waals surface area contributed by atoms with Gasteiger partial charge in [0.2, 0.25) is 0 Å². The minimum Gasteiger partial charge on any atom is -0.335 e. The van der Waals surface area contributed by atoms with Crippen molar-refractivity contribution in [2.45, 2.75) is 37.9 Å². The monoisotopic (exact) mass is 304 g/mol. The first kappa shape index (κ1) is 15.6. The van der Waals surface area contributed by atoms with Crippen LogP contribution in [-0.4, -0.2) is 18.2 Å². The van der Waals surface area contributed by atoms with E-state index in [1.807, 2.05) is 0 Å². The van der Waals surface area contributed by atoms with E-state index in [9.17, 15) is 22.4 Å². The van der Waals surface area contributed by atoms with E-state index < -0.39 is 30.0 Å². The number of rotatable bonds is 2. The number of para-hydroxylation sites is 1. The fourth-order valence-corrected chi connectivity index (χ4v) is 2.52. The van der Waals surface area contributed by atoms with Crippen molar-refractivity contribution >= 4 is 11.7 Å². The van der Waals surface area contributed by atoms with Gasteiger partial charge in [0.1, 0.15) is 5.82 Å². The molecule has 0 aliphatic heterocycles. The second kappa shape index (κ2) is 6.32. The summed E-state index contributed by atoms with van der Waals surface area (Å²) >= 11 is 0. The molecular weight excluding hydrogens is 288 g/mol. The van der Waals surface area contributed by atoms with Crippen LogP contribution in [0, 0.1) is 11.7 Å². The molecule has 7 heteroatoms. The lowest BCUT2D eigenvalue weighted by molar-refractivity contribution is -0.183. The molecule has 1 aliphatic rings. The average Bonchev–Trinajstić information content (AvgIpc) is 2.41. The molecule has 1 saturated carbocycles. The number of benzene rings is 1. The fourth-order valence-electron chi connectivity index (χ4n) is 2.52. The van der Waals surface area contributed by atoms with Crippen molar-refractivity contribution in [1.82, 2.24) is 5.32 Å². The van der Waals surface area contributed by atoms with Crippen molar-refractivity contribution in [3.8, 4) is 0 Å². The number of halogens is 4. The summed E-state index contributed by atoms with van der Waals surface area (Å²) in [4.78, 5) is 11.7. The SMILES string of the molecule is O=C(Nc1ccccc1F)N[C@@H]1CCC[C@H](C(F)(F)F)C1. The molecule has 2 atom stereocenters. The summed E-state index contributed by atoms with van der Waals surface area (Å²) in [7, 11) is 0. The smallest absolute Gasteiger partial charge is 0.335 e. The maximum absolute atomic E-state index is 13.4. The van der Waals surface area contributed by atoms with E-state index >= 15 is 0 Å². The van der Waals surface area contributed by atoms with Gasteiger partial charge in [0.25, 0.3) is 0 Å². The molecule has 0 bridgehead atoms. The van der Waals surface area contributed by atoms with Crippen LogP contribution < -0.4 is 10.6 Å². The fraction of sp³-hybridized carbons (Fsp3) is 0.500. The van der Waals surface area contributed by atoms with E-state index in [-0.39, 0.29) is 18.5 Å². The molecule has 1 aromatic carbocycles. The zero-order valence-corrected chi connectivity index (χ0v) is 11.2. The molecule has 116 valence electrons. The molecule has 1 fully saturated rings. The highest BCUT2D eigenvalue weighted by Crippen LogP contribution is 2.37. The van der Waals surface area contributed by atoms with Crippen LogP contribution in [0.4, 0.5) is 28.0 Å². The molecule has 1 aromatic rings. The average molecular weight is 304 g/mol. The number of nitrogens with one attached hydrogen (secondary N) is 2. The lowest BCUT2D eigenvalue weighted by Gasteiger charge is -2.31. The molecule has 0 unspecified atom stereocenters. The van der Waals surface area contributed by atoms with Crippen LogP contribution in [0.25, 0.3) is 0 Å². The zero-order chi connectivity index (χ0) is 15.5. The molecule has 21 heavy (non-hydrogen) atoms. The van der Waals surface area contributed by atoms with Crippen LogP contribution in [0.15, 0.2) is 24.3 Å². The van der Waals surface area contributed by atoms with Gasteiger partial charge in [-0.05, 0) is 31.4 Å². The number of hydrogen-bond donors (Lipinski definition) is 2. The van der Waals surface area contributed by atoms with Crippen LogP contribution in [0.5, 0.6) is 0 Å². The summed E-state index contributed by atoms with van der Waals surface area (Å²) < 4.78 is 51.4. The Morgan fingerprint density at radius 2 is 1.90 bits per heavy atom. The lowest BCUT2D eigenvalue weighted by atomic mass is 9.85. The first-order valence-corrected chi connectivity index (χ1v) is 6.75. The van der Waals surface area contributed by atoms with Crippen LogP contribution in [0.1, 0.15) is 25.7 Å². The second-order valence-electron chi connectivity index (χ2n) is 5.18. The van der Waals surface area contributed by atoms with E-state index in [1.165, 1.54) is 18.2 Å². The number of carbonyl (C=O) groups excluding carboxylic acids is 1. The van der Waals surface area contributed by atoms with Gasteiger partial charge in [0, 0.05) is 6.04 Å². The molecule has 2 rings (SSSR count). The van der Waals surface area contributed by atoms with Crippen LogP contribution >= 0.6 is 0 Å². The highest BCUT2D eigenvalue weighted by atomic mass is 19.4. The predicted octanol–water partition coefficient (Wildman–Crippen LogP) is 4.07. The number of alkyl halides is 3. The van der Waals surface area contributed by atoms with Crippen molar-refractivity contribution in [3.63, 3.8) is 0 Å². The largest absolute Gasteiger partial charge is 0.391 e. The second-order valence-corrected chi connectivity index (χ2v) is 5.18. The molecule has 1 aliphatic carbocycles. The Morgan fingerprint density at radius 3 is 2.57 bits per heavy atom. The van der Waals surface area contributed by atoms with Crippen molar-refractivity contribution in [1.29, 1.82) is 0 Å². The van der Waals surface area contributed by atoms with Crippen molar-refractivity contribution < 1.29 is 22.4 Å². The maximum Gasteiger partial charge on any atom is 0.391 e. The highest BCUT2D eigenvalue weighted by molar-refractivity contribution is 5.89. The normalized spacial score (nSPS) is 22.7. The number of hydrogen-bond acceptors (Lipinski definition) is 1. The Morgan fingerprint density at radius 1 is 1.19 bits per heavy atom. The standard InChI is InChI=1S/C14H16F4N2O/c15-11-6-1-2-7-12(11)20-13(21)19-10-5-3-4-9(8-10)14(16,17)18/h1-2,6-7,9-10H,3-5,8H2,(H2,19,20,21)/t9-,10+/m0/s1. The van der Waals surface area contributed by atoms with E-state index in [4.69, 9.17) is 0 Å². The Bertz CT molecular complexity index is 504. The summed E-state index contributed by atoms with van der Waals surface area (Å²) in [5.74, 6) is -1.98. The van der Waals surface area contributed by atoms with Gasteiger partial charge in [-0.2, -0.15) is 13.2 Å². The molecular formula is C14H16F4N2O. The zero-order valence-electron chi connectivity index (χ0n) is 11.2. The van der Waals surface area contributed by atoms with Gasteiger partial charge in [-0.15, -0.1) is 0 Å². The van der Waals surface area contributed by atoms with Crippen molar-refractivity contribution in [2.24, 2.45) is 5.92 Å². The molecule has 0 saturated heterocycles.